The zero-order chi connectivity index (χ0) is 16.8. The van der Waals surface area contributed by atoms with Crippen LogP contribution < -0.4 is 15.5 Å². The van der Waals surface area contributed by atoms with Crippen molar-refractivity contribution in [3.8, 4) is 0 Å². The Morgan fingerprint density at radius 3 is 2.57 bits per heavy atom. The maximum absolute atomic E-state index is 12.1. The first-order chi connectivity index (χ1) is 11.0. The Morgan fingerprint density at radius 2 is 2.04 bits per heavy atom. The van der Waals surface area contributed by atoms with E-state index in [-0.39, 0.29) is 12.1 Å². The number of aromatic nitrogens is 1. The summed E-state index contributed by atoms with van der Waals surface area (Å²) in [7, 11) is 7.86. The third-order valence-electron chi connectivity index (χ3n) is 3.47. The molecule has 2 rings (SSSR count). The van der Waals surface area contributed by atoms with Gasteiger partial charge in [-0.15, -0.1) is 0 Å². The van der Waals surface area contributed by atoms with Crippen LogP contribution in [0.5, 0.6) is 0 Å². The van der Waals surface area contributed by atoms with Gasteiger partial charge in [0.1, 0.15) is 5.82 Å². The Kier molecular flexibility index (Phi) is 5.95. The molecular formula is C16H23N5OS. The van der Waals surface area contributed by atoms with Gasteiger partial charge in [0.2, 0.25) is 0 Å². The van der Waals surface area contributed by atoms with Crippen molar-refractivity contribution in [1.82, 2.24) is 15.2 Å². The van der Waals surface area contributed by atoms with Gasteiger partial charge in [0.05, 0.1) is 17.9 Å². The molecule has 0 aliphatic carbocycles. The number of nitrogens with zero attached hydrogens (tertiary/aromatic N) is 3. The largest absolute Gasteiger partial charge is 0.363 e. The first kappa shape index (κ1) is 17.2. The lowest BCUT2D eigenvalue weighted by atomic mass is 10.1. The van der Waals surface area contributed by atoms with E-state index in [1.54, 1.807) is 17.5 Å². The van der Waals surface area contributed by atoms with Gasteiger partial charge in [-0.25, -0.2) is 9.78 Å². The molecule has 0 aliphatic rings. The lowest BCUT2D eigenvalue weighted by Crippen LogP contribution is -2.36. The predicted octanol–water partition coefficient (Wildman–Crippen LogP) is 2.63. The lowest BCUT2D eigenvalue weighted by molar-refractivity contribution is 0.243. The highest BCUT2D eigenvalue weighted by atomic mass is 32.1. The molecule has 0 saturated heterocycles. The number of carbonyl (C=O) groups excluding carboxylic acids is 1. The third kappa shape index (κ3) is 4.94. The number of carbonyl (C=O) groups is 1. The van der Waals surface area contributed by atoms with Gasteiger partial charge in [0, 0.05) is 20.6 Å². The highest BCUT2D eigenvalue weighted by Gasteiger charge is 2.15. The van der Waals surface area contributed by atoms with Gasteiger partial charge < -0.3 is 20.4 Å². The van der Waals surface area contributed by atoms with Crippen molar-refractivity contribution in [3.63, 3.8) is 0 Å². The summed E-state index contributed by atoms with van der Waals surface area (Å²) in [6, 6.07) is 5.71. The Hall–Kier alpha value is -2.12. The Morgan fingerprint density at radius 1 is 1.26 bits per heavy atom. The van der Waals surface area contributed by atoms with E-state index in [0.717, 1.165) is 5.82 Å². The topological polar surface area (TPSA) is 60.5 Å². The molecule has 2 aromatic rings. The van der Waals surface area contributed by atoms with E-state index in [4.69, 9.17) is 0 Å². The second kappa shape index (κ2) is 7.94. The number of rotatable bonds is 6. The van der Waals surface area contributed by atoms with Gasteiger partial charge in [-0.05, 0) is 48.6 Å². The van der Waals surface area contributed by atoms with Crippen LogP contribution in [0.25, 0.3) is 0 Å². The first-order valence-electron chi connectivity index (χ1n) is 7.34. The summed E-state index contributed by atoms with van der Waals surface area (Å²) in [5.41, 5.74) is 1.88. The molecule has 0 unspecified atom stereocenters. The molecule has 2 N–H and O–H groups in total. The van der Waals surface area contributed by atoms with E-state index < -0.39 is 0 Å². The van der Waals surface area contributed by atoms with Crippen molar-refractivity contribution in [2.45, 2.75) is 6.04 Å². The molecule has 0 radical (unpaired) electrons. The van der Waals surface area contributed by atoms with Crippen LogP contribution in [0.2, 0.25) is 0 Å². The highest BCUT2D eigenvalue weighted by Crippen LogP contribution is 2.20. The second-order valence-electron chi connectivity index (χ2n) is 5.67. The standard InChI is InChI=1S/C16H23N5OS/c1-20(2)14(12-7-8-23-11-12)10-18-16(22)19-13-5-6-15(17-9-13)21(3)4/h5-9,11,14H,10H2,1-4H3,(H2,18,19,22)/t14-/m0/s1. The second-order valence-corrected chi connectivity index (χ2v) is 6.45. The summed E-state index contributed by atoms with van der Waals surface area (Å²) >= 11 is 1.66. The summed E-state index contributed by atoms with van der Waals surface area (Å²) in [5, 5.41) is 9.86. The molecule has 2 amide bonds. The number of nitrogens with one attached hydrogen (secondary N) is 2. The number of pyridine rings is 1. The summed E-state index contributed by atoms with van der Waals surface area (Å²) in [4.78, 5) is 20.3. The zero-order valence-electron chi connectivity index (χ0n) is 13.9. The average molecular weight is 333 g/mol. The van der Waals surface area contributed by atoms with E-state index in [1.807, 2.05) is 50.6 Å². The number of hydrogen-bond acceptors (Lipinski definition) is 5. The number of urea groups is 1. The summed E-state index contributed by atoms with van der Waals surface area (Å²) in [6.07, 6.45) is 1.65. The van der Waals surface area contributed by atoms with Crippen LogP contribution in [0.15, 0.2) is 35.2 Å². The van der Waals surface area contributed by atoms with Crippen LogP contribution in [0.4, 0.5) is 16.3 Å². The van der Waals surface area contributed by atoms with Gasteiger partial charge in [-0.3, -0.25) is 0 Å². The number of anilines is 2. The lowest BCUT2D eigenvalue weighted by Gasteiger charge is -2.24. The van der Waals surface area contributed by atoms with E-state index in [2.05, 4.69) is 32.0 Å². The number of likely N-dealkylation sites (N-methyl/N-ethyl adjacent to an activating group) is 1. The van der Waals surface area contributed by atoms with Crippen molar-refractivity contribution >= 4 is 28.9 Å². The molecular weight excluding hydrogens is 310 g/mol. The monoisotopic (exact) mass is 333 g/mol. The van der Waals surface area contributed by atoms with E-state index >= 15 is 0 Å². The van der Waals surface area contributed by atoms with Crippen LogP contribution in [-0.4, -0.2) is 50.7 Å². The molecule has 1 atom stereocenters. The quantitative estimate of drug-likeness (QED) is 0.853. The molecule has 6 nitrogen and oxygen atoms in total. The molecule has 0 aromatic carbocycles. The summed E-state index contributed by atoms with van der Waals surface area (Å²) < 4.78 is 0. The summed E-state index contributed by atoms with van der Waals surface area (Å²) in [6.45, 7) is 0.540. The molecule has 2 heterocycles. The predicted molar refractivity (Wildman–Crippen MR) is 96.3 cm³/mol. The highest BCUT2D eigenvalue weighted by molar-refractivity contribution is 7.07. The van der Waals surface area contributed by atoms with E-state index in [1.165, 1.54) is 5.56 Å². The molecule has 0 bridgehead atoms. The molecule has 0 fully saturated rings. The molecule has 23 heavy (non-hydrogen) atoms. The van der Waals surface area contributed by atoms with Crippen LogP contribution in [0.1, 0.15) is 11.6 Å². The molecule has 0 spiro atoms. The fourth-order valence-electron chi connectivity index (χ4n) is 2.15. The minimum Gasteiger partial charge on any atom is -0.363 e. The molecule has 2 aromatic heterocycles. The minimum absolute atomic E-state index is 0.154. The Bertz CT molecular complexity index is 610. The van der Waals surface area contributed by atoms with Gasteiger partial charge in [0.15, 0.2) is 0 Å². The van der Waals surface area contributed by atoms with Crippen LogP contribution >= 0.6 is 11.3 Å². The van der Waals surface area contributed by atoms with Crippen molar-refractivity contribution in [2.24, 2.45) is 0 Å². The van der Waals surface area contributed by atoms with Crippen molar-refractivity contribution in [2.75, 3.05) is 45.0 Å². The molecule has 0 aliphatic heterocycles. The van der Waals surface area contributed by atoms with Gasteiger partial charge >= 0.3 is 6.03 Å². The summed E-state index contributed by atoms with van der Waals surface area (Å²) in [5.74, 6) is 0.848. The van der Waals surface area contributed by atoms with Gasteiger partial charge in [0.25, 0.3) is 0 Å². The average Bonchev–Trinajstić information content (AvgIpc) is 3.01. The van der Waals surface area contributed by atoms with Crippen molar-refractivity contribution in [1.29, 1.82) is 0 Å². The number of hydrogen-bond donors (Lipinski definition) is 2. The number of thiophene rings is 1. The van der Waals surface area contributed by atoms with Crippen molar-refractivity contribution < 1.29 is 4.79 Å². The normalized spacial score (nSPS) is 12.0. The SMILES string of the molecule is CN(C)c1ccc(NC(=O)NC[C@@H](c2ccsc2)N(C)C)cn1. The zero-order valence-corrected chi connectivity index (χ0v) is 14.7. The van der Waals surface area contributed by atoms with Gasteiger partial charge in [-0.2, -0.15) is 11.3 Å². The first-order valence-corrected chi connectivity index (χ1v) is 8.28. The van der Waals surface area contributed by atoms with E-state index in [9.17, 15) is 4.79 Å². The molecule has 7 heteroatoms. The molecule has 0 saturated carbocycles. The maximum atomic E-state index is 12.1. The van der Waals surface area contributed by atoms with Crippen LogP contribution in [-0.2, 0) is 0 Å². The van der Waals surface area contributed by atoms with Crippen LogP contribution in [0.3, 0.4) is 0 Å². The Balaban J connectivity index is 1.89. The van der Waals surface area contributed by atoms with E-state index in [0.29, 0.717) is 12.2 Å². The van der Waals surface area contributed by atoms with Crippen LogP contribution in [0, 0.1) is 0 Å². The maximum Gasteiger partial charge on any atom is 0.319 e. The number of amides is 2. The third-order valence-corrected chi connectivity index (χ3v) is 4.17. The molecule has 124 valence electrons. The Labute approximate surface area is 141 Å². The minimum atomic E-state index is -0.230. The fraction of sp³-hybridized carbons (Fsp3) is 0.375. The fourth-order valence-corrected chi connectivity index (χ4v) is 2.86. The smallest absolute Gasteiger partial charge is 0.319 e. The van der Waals surface area contributed by atoms with Gasteiger partial charge in [-0.1, -0.05) is 0 Å². The van der Waals surface area contributed by atoms with Crippen molar-refractivity contribution in [3.05, 3.63) is 40.7 Å².